The molecule has 2 heterocycles. The normalized spacial score (nSPS) is 11.6. The van der Waals surface area contributed by atoms with Crippen LogP contribution in [0.4, 0.5) is 17.1 Å². The molecule has 0 N–H and O–H groups in total. The van der Waals surface area contributed by atoms with Crippen LogP contribution in [0.3, 0.4) is 0 Å². The van der Waals surface area contributed by atoms with Gasteiger partial charge in [-0.05, 0) is 93.7 Å². The van der Waals surface area contributed by atoms with Crippen molar-refractivity contribution in [1.82, 2.24) is 4.57 Å². The molecule has 0 saturated carbocycles. The fraction of sp³-hybridized carbons (Fsp3) is 0. The van der Waals surface area contributed by atoms with Gasteiger partial charge in [0, 0.05) is 43.3 Å². The van der Waals surface area contributed by atoms with Crippen LogP contribution in [0.2, 0.25) is 0 Å². The Morgan fingerprint density at radius 1 is 0.364 bits per heavy atom. The summed E-state index contributed by atoms with van der Waals surface area (Å²) in [5, 5.41) is 7.66. The SMILES string of the molecule is c1ccc2c(-c3ccc(N(c4ccc(-c5ccc(-n6c7ccccc7c7ccccc76)cc5)cc4)c4cccc5c4sc4ccccc45)cc3)cccc2c1. The predicted octanol–water partition coefficient (Wildman–Crippen LogP) is 15.1. The molecule has 11 aromatic rings. The fourth-order valence-corrected chi connectivity index (χ4v) is 9.62. The van der Waals surface area contributed by atoms with Gasteiger partial charge in [0.1, 0.15) is 0 Å². The Morgan fingerprint density at radius 2 is 0.873 bits per heavy atom. The van der Waals surface area contributed by atoms with Crippen LogP contribution >= 0.6 is 11.3 Å². The van der Waals surface area contributed by atoms with E-state index in [9.17, 15) is 0 Å². The predicted molar refractivity (Wildman–Crippen MR) is 237 cm³/mol. The molecular weight excluding hydrogens is 685 g/mol. The summed E-state index contributed by atoms with van der Waals surface area (Å²) in [5.41, 5.74) is 11.9. The van der Waals surface area contributed by atoms with Crippen LogP contribution in [0.1, 0.15) is 0 Å². The Kier molecular flexibility index (Phi) is 7.39. The minimum Gasteiger partial charge on any atom is -0.309 e. The van der Waals surface area contributed by atoms with Gasteiger partial charge >= 0.3 is 0 Å². The minimum atomic E-state index is 1.12. The average molecular weight is 719 g/mol. The van der Waals surface area contributed by atoms with Crippen molar-refractivity contribution in [3.63, 3.8) is 0 Å². The first kappa shape index (κ1) is 31.6. The van der Waals surface area contributed by atoms with E-state index >= 15 is 0 Å². The molecule has 3 heteroatoms. The molecule has 0 aliphatic carbocycles. The van der Waals surface area contributed by atoms with Crippen molar-refractivity contribution in [2.75, 3.05) is 4.90 Å². The van der Waals surface area contributed by atoms with Crippen LogP contribution in [-0.4, -0.2) is 4.57 Å². The lowest BCUT2D eigenvalue weighted by atomic mass is 9.98. The van der Waals surface area contributed by atoms with Crippen molar-refractivity contribution >= 4 is 81.1 Å². The van der Waals surface area contributed by atoms with Crippen LogP contribution in [0.25, 0.3) is 80.7 Å². The second kappa shape index (κ2) is 12.9. The van der Waals surface area contributed by atoms with E-state index in [1.807, 2.05) is 11.3 Å². The van der Waals surface area contributed by atoms with E-state index in [1.165, 1.54) is 80.7 Å². The second-order valence-electron chi connectivity index (χ2n) is 14.1. The van der Waals surface area contributed by atoms with Crippen molar-refractivity contribution < 1.29 is 0 Å². The maximum absolute atomic E-state index is 2.42. The molecule has 0 atom stereocenters. The van der Waals surface area contributed by atoms with Crippen molar-refractivity contribution in [3.05, 3.63) is 206 Å². The third-order valence-electron chi connectivity index (χ3n) is 11.0. The van der Waals surface area contributed by atoms with E-state index in [1.54, 1.807) is 0 Å². The summed E-state index contributed by atoms with van der Waals surface area (Å²) in [6.45, 7) is 0. The van der Waals surface area contributed by atoms with Crippen molar-refractivity contribution in [1.29, 1.82) is 0 Å². The zero-order valence-corrected chi connectivity index (χ0v) is 30.7. The summed E-state index contributed by atoms with van der Waals surface area (Å²) < 4.78 is 4.96. The molecule has 0 aliphatic rings. The van der Waals surface area contributed by atoms with Crippen molar-refractivity contribution in [2.45, 2.75) is 0 Å². The van der Waals surface area contributed by atoms with Crippen LogP contribution in [0, 0.1) is 0 Å². The molecule has 2 aromatic heterocycles. The maximum Gasteiger partial charge on any atom is 0.0640 e. The summed E-state index contributed by atoms with van der Waals surface area (Å²) in [5.74, 6) is 0. The summed E-state index contributed by atoms with van der Waals surface area (Å²) >= 11 is 1.87. The molecule has 0 saturated heterocycles. The molecule has 0 unspecified atom stereocenters. The summed E-state index contributed by atoms with van der Waals surface area (Å²) in [4.78, 5) is 2.42. The Bertz CT molecular complexity index is 3130. The molecule has 0 aliphatic heterocycles. The van der Waals surface area contributed by atoms with Gasteiger partial charge in [0.05, 0.1) is 21.4 Å². The first-order valence-corrected chi connectivity index (χ1v) is 19.6. The molecule has 55 heavy (non-hydrogen) atoms. The molecule has 0 amide bonds. The lowest BCUT2D eigenvalue weighted by Gasteiger charge is -2.26. The Hall–Kier alpha value is -6.94. The van der Waals surface area contributed by atoms with E-state index in [4.69, 9.17) is 0 Å². The van der Waals surface area contributed by atoms with Gasteiger partial charge in [0.25, 0.3) is 0 Å². The monoisotopic (exact) mass is 718 g/mol. The molecule has 9 aromatic carbocycles. The summed E-state index contributed by atoms with van der Waals surface area (Å²) in [6, 6.07) is 75.1. The smallest absolute Gasteiger partial charge is 0.0640 e. The maximum atomic E-state index is 2.42. The van der Waals surface area contributed by atoms with Gasteiger partial charge in [-0.1, -0.05) is 146 Å². The standard InChI is InChI=1S/C52H34N2S/c1-2-13-42-37(11-1)12-9-17-43(42)38-27-33-40(34-28-38)53(50-21-10-18-47-46-16-5-8-22-51(46)55-52(47)50)39-29-23-35(24-30-39)36-25-31-41(32-26-36)54-48-19-6-3-14-44(48)45-15-4-7-20-49(45)54/h1-34H. The lowest BCUT2D eigenvalue weighted by Crippen LogP contribution is -2.10. The molecule has 11 rings (SSSR count). The average Bonchev–Trinajstić information content (AvgIpc) is 3.81. The highest BCUT2D eigenvalue weighted by atomic mass is 32.1. The number of fused-ring (bicyclic) bond motifs is 7. The van der Waals surface area contributed by atoms with E-state index in [0.717, 1.165) is 17.1 Å². The quantitative estimate of drug-likeness (QED) is 0.166. The highest BCUT2D eigenvalue weighted by Gasteiger charge is 2.19. The van der Waals surface area contributed by atoms with Gasteiger partial charge in [-0.2, -0.15) is 0 Å². The summed E-state index contributed by atoms with van der Waals surface area (Å²) in [6.07, 6.45) is 0. The molecule has 0 fully saturated rings. The first-order valence-electron chi connectivity index (χ1n) is 18.8. The van der Waals surface area contributed by atoms with E-state index in [0.29, 0.717) is 0 Å². The van der Waals surface area contributed by atoms with Crippen LogP contribution in [0.15, 0.2) is 206 Å². The molecular formula is C52H34N2S. The van der Waals surface area contributed by atoms with Crippen molar-refractivity contribution in [3.8, 4) is 27.9 Å². The van der Waals surface area contributed by atoms with Gasteiger partial charge in [-0.3, -0.25) is 0 Å². The Morgan fingerprint density at radius 3 is 1.56 bits per heavy atom. The van der Waals surface area contributed by atoms with Crippen LogP contribution in [0.5, 0.6) is 0 Å². The highest BCUT2D eigenvalue weighted by Crippen LogP contribution is 2.45. The number of nitrogens with zero attached hydrogens (tertiary/aromatic N) is 2. The van der Waals surface area contributed by atoms with Gasteiger partial charge in [-0.15, -0.1) is 11.3 Å². The minimum absolute atomic E-state index is 1.12. The Labute approximate surface area is 323 Å². The summed E-state index contributed by atoms with van der Waals surface area (Å²) in [7, 11) is 0. The molecule has 0 radical (unpaired) electrons. The van der Waals surface area contributed by atoms with Gasteiger partial charge in [-0.25, -0.2) is 0 Å². The van der Waals surface area contributed by atoms with E-state index < -0.39 is 0 Å². The Balaban J connectivity index is 0.993. The number of rotatable bonds is 6. The highest BCUT2D eigenvalue weighted by molar-refractivity contribution is 7.26. The second-order valence-corrected chi connectivity index (χ2v) is 15.2. The van der Waals surface area contributed by atoms with Gasteiger partial charge in [0.15, 0.2) is 0 Å². The number of benzene rings is 9. The zero-order valence-electron chi connectivity index (χ0n) is 29.9. The third-order valence-corrected chi connectivity index (χ3v) is 12.2. The van der Waals surface area contributed by atoms with Crippen LogP contribution < -0.4 is 4.90 Å². The van der Waals surface area contributed by atoms with Crippen molar-refractivity contribution in [2.24, 2.45) is 0 Å². The topological polar surface area (TPSA) is 8.17 Å². The number of anilines is 3. The van der Waals surface area contributed by atoms with E-state index in [2.05, 4.69) is 216 Å². The largest absolute Gasteiger partial charge is 0.309 e. The fourth-order valence-electron chi connectivity index (χ4n) is 8.41. The number of para-hydroxylation sites is 2. The molecule has 0 spiro atoms. The number of aromatic nitrogens is 1. The zero-order chi connectivity index (χ0) is 36.3. The lowest BCUT2D eigenvalue weighted by molar-refractivity contribution is 1.18. The molecule has 0 bridgehead atoms. The number of thiophene rings is 1. The third kappa shape index (κ3) is 5.24. The van der Waals surface area contributed by atoms with Gasteiger partial charge < -0.3 is 9.47 Å². The first-order chi connectivity index (χ1) is 27.3. The molecule has 2 nitrogen and oxygen atoms in total. The number of hydrogen-bond acceptors (Lipinski definition) is 2. The van der Waals surface area contributed by atoms with E-state index in [-0.39, 0.29) is 0 Å². The van der Waals surface area contributed by atoms with Crippen LogP contribution in [-0.2, 0) is 0 Å². The molecule has 258 valence electrons. The van der Waals surface area contributed by atoms with Gasteiger partial charge in [0.2, 0.25) is 0 Å². The number of hydrogen-bond donors (Lipinski definition) is 0.